The van der Waals surface area contributed by atoms with Gasteiger partial charge in [0.25, 0.3) is 11.8 Å². The summed E-state index contributed by atoms with van der Waals surface area (Å²) in [4.78, 5) is 37.5. The number of carbonyl (C=O) groups is 2. The minimum atomic E-state index is -4.66. The van der Waals surface area contributed by atoms with Crippen molar-refractivity contribution in [2.45, 2.75) is 19.1 Å². The molecule has 0 bridgehead atoms. The van der Waals surface area contributed by atoms with Crippen molar-refractivity contribution in [1.82, 2.24) is 35.3 Å². The van der Waals surface area contributed by atoms with E-state index in [1.807, 2.05) is 0 Å². The van der Waals surface area contributed by atoms with E-state index in [1.54, 1.807) is 14.0 Å². The second kappa shape index (κ2) is 8.95. The number of aromatic nitrogens is 6. The molecule has 0 spiro atoms. The van der Waals surface area contributed by atoms with Crippen molar-refractivity contribution in [1.29, 1.82) is 0 Å². The maximum Gasteiger partial charge on any atom is 0.417 e. The number of aryl methyl sites for hydroxylation is 1. The van der Waals surface area contributed by atoms with E-state index in [0.717, 1.165) is 23.5 Å². The summed E-state index contributed by atoms with van der Waals surface area (Å²) in [7, 11) is 1.63. The average Bonchev–Trinajstić information content (AvgIpc) is 3.42. The number of rotatable bonds is 5. The van der Waals surface area contributed by atoms with E-state index in [9.17, 15) is 22.8 Å². The lowest BCUT2D eigenvalue weighted by Crippen LogP contribution is -2.27. The minimum Gasteiger partial charge on any atom is -0.342 e. The van der Waals surface area contributed by atoms with Crippen LogP contribution in [0.5, 0.6) is 0 Å². The third-order valence-electron chi connectivity index (χ3n) is 4.60. The number of anilines is 1. The molecule has 1 aromatic carbocycles. The molecule has 3 heterocycles. The minimum absolute atomic E-state index is 0.0303. The molecule has 0 saturated heterocycles. The zero-order valence-corrected chi connectivity index (χ0v) is 19.0. The van der Waals surface area contributed by atoms with E-state index >= 15 is 0 Å². The highest BCUT2D eigenvalue weighted by Gasteiger charge is 2.33. The first-order chi connectivity index (χ1) is 16.0. The van der Waals surface area contributed by atoms with Crippen molar-refractivity contribution >= 4 is 51.6 Å². The summed E-state index contributed by atoms with van der Waals surface area (Å²) in [6.45, 7) is 1.66. The Morgan fingerprint density at radius 1 is 1.18 bits per heavy atom. The van der Waals surface area contributed by atoms with Crippen molar-refractivity contribution < 1.29 is 22.8 Å². The molecule has 10 nitrogen and oxygen atoms in total. The van der Waals surface area contributed by atoms with Crippen molar-refractivity contribution in [3.8, 4) is 0 Å². The molecule has 0 aliphatic rings. The number of alkyl halides is 3. The topological polar surface area (TPSA) is 128 Å². The molecule has 2 amide bonds. The molecule has 2 N–H and O–H groups in total. The van der Waals surface area contributed by atoms with Gasteiger partial charge in [-0.25, -0.2) is 19.6 Å². The summed E-state index contributed by atoms with van der Waals surface area (Å²) >= 11 is 6.58. The monoisotopic (exact) mass is 510 g/mol. The number of thiazole rings is 1. The lowest BCUT2D eigenvalue weighted by molar-refractivity contribution is -0.137. The fourth-order valence-electron chi connectivity index (χ4n) is 2.95. The Labute approximate surface area is 198 Å². The normalized spacial score (nSPS) is 12.5. The Balaban J connectivity index is 1.46. The molecule has 0 aliphatic heterocycles. The SMILES string of the molecule is C[C@@H](NC(=O)c1ncnc2c1nnn2C)c1ncc(C(=O)Nc2ccc(Cl)c(C(F)(F)F)c2)s1. The molecule has 1 atom stereocenters. The van der Waals surface area contributed by atoms with Gasteiger partial charge in [-0.1, -0.05) is 16.8 Å². The van der Waals surface area contributed by atoms with Crippen LogP contribution in [0.1, 0.15) is 43.7 Å². The maximum atomic E-state index is 13.0. The molecular formula is C19H14ClF3N8O2S. The number of fused-ring (bicyclic) bond motifs is 1. The number of hydrogen-bond donors (Lipinski definition) is 2. The van der Waals surface area contributed by atoms with E-state index in [2.05, 4.69) is 35.9 Å². The van der Waals surface area contributed by atoms with E-state index in [1.165, 1.54) is 23.3 Å². The Bertz CT molecular complexity index is 1400. The van der Waals surface area contributed by atoms with E-state index in [0.29, 0.717) is 10.7 Å². The molecule has 0 fully saturated rings. The summed E-state index contributed by atoms with van der Waals surface area (Å²) < 4.78 is 40.5. The van der Waals surface area contributed by atoms with E-state index in [-0.39, 0.29) is 21.8 Å². The fourth-order valence-corrected chi connectivity index (χ4v) is 3.99. The zero-order valence-electron chi connectivity index (χ0n) is 17.4. The van der Waals surface area contributed by atoms with Gasteiger partial charge >= 0.3 is 6.18 Å². The highest BCUT2D eigenvalue weighted by molar-refractivity contribution is 7.13. The molecule has 15 heteroatoms. The molecule has 34 heavy (non-hydrogen) atoms. The van der Waals surface area contributed by atoms with Crippen molar-refractivity contribution in [2.75, 3.05) is 5.32 Å². The molecule has 4 aromatic rings. The summed E-state index contributed by atoms with van der Waals surface area (Å²) in [6, 6.07) is 2.46. The molecule has 4 rings (SSSR count). The van der Waals surface area contributed by atoms with Crippen LogP contribution in [0.2, 0.25) is 5.02 Å². The Morgan fingerprint density at radius 3 is 2.68 bits per heavy atom. The van der Waals surface area contributed by atoms with Crippen molar-refractivity contribution in [3.05, 3.63) is 56.9 Å². The Kier molecular flexibility index (Phi) is 6.18. The van der Waals surface area contributed by atoms with Crippen LogP contribution in [0.3, 0.4) is 0 Å². The molecule has 0 radical (unpaired) electrons. The quantitative estimate of drug-likeness (QED) is 0.419. The first-order valence-electron chi connectivity index (χ1n) is 9.49. The third kappa shape index (κ3) is 4.68. The predicted molar refractivity (Wildman–Crippen MR) is 117 cm³/mol. The van der Waals surface area contributed by atoms with Gasteiger partial charge in [-0.15, -0.1) is 16.4 Å². The average molecular weight is 511 g/mol. The summed E-state index contributed by atoms with van der Waals surface area (Å²) in [5.41, 5.74) is -0.486. The summed E-state index contributed by atoms with van der Waals surface area (Å²) in [6.07, 6.45) is -2.17. The molecule has 176 valence electrons. The molecule has 0 unspecified atom stereocenters. The largest absolute Gasteiger partial charge is 0.417 e. The van der Waals surface area contributed by atoms with Crippen LogP contribution in [0.4, 0.5) is 18.9 Å². The second-order valence-electron chi connectivity index (χ2n) is 7.01. The number of amides is 2. The van der Waals surface area contributed by atoms with Gasteiger partial charge in [-0.3, -0.25) is 9.59 Å². The predicted octanol–water partition coefficient (Wildman–Crippen LogP) is 3.63. The number of nitrogens with zero attached hydrogens (tertiary/aromatic N) is 6. The third-order valence-corrected chi connectivity index (χ3v) is 6.11. The van der Waals surface area contributed by atoms with Gasteiger partial charge < -0.3 is 10.6 Å². The standard InChI is InChI=1S/C19H14ClF3N8O2S/c1-8(27-17(33)14-13-15(26-7-25-14)31(2)30-29-13)18-24-6-12(34-18)16(32)28-9-3-4-11(20)10(5-9)19(21,22)23/h3-8H,1-2H3,(H,27,33)(H,28,32)/t8-/m1/s1. The first kappa shape index (κ1) is 23.5. The van der Waals surface area contributed by atoms with Gasteiger partial charge in [0.1, 0.15) is 16.2 Å². The van der Waals surface area contributed by atoms with E-state index in [4.69, 9.17) is 11.6 Å². The molecule has 0 aliphatic carbocycles. The van der Waals surface area contributed by atoms with Gasteiger partial charge in [-0.05, 0) is 25.1 Å². The van der Waals surface area contributed by atoms with Gasteiger partial charge in [0, 0.05) is 12.7 Å². The lowest BCUT2D eigenvalue weighted by atomic mass is 10.2. The van der Waals surface area contributed by atoms with Crippen LogP contribution >= 0.6 is 22.9 Å². The smallest absolute Gasteiger partial charge is 0.342 e. The molecule has 3 aromatic heterocycles. The number of nitrogens with one attached hydrogen (secondary N) is 2. The fraction of sp³-hybridized carbons (Fsp3) is 0.211. The van der Waals surface area contributed by atoms with E-state index < -0.39 is 34.6 Å². The van der Waals surface area contributed by atoms with Crippen molar-refractivity contribution in [3.63, 3.8) is 0 Å². The van der Waals surface area contributed by atoms with Gasteiger partial charge in [0.05, 0.1) is 22.8 Å². The molecule has 0 saturated carbocycles. The lowest BCUT2D eigenvalue weighted by Gasteiger charge is -2.11. The van der Waals surface area contributed by atoms with Crippen LogP contribution < -0.4 is 10.6 Å². The maximum absolute atomic E-state index is 13.0. The highest BCUT2D eigenvalue weighted by atomic mass is 35.5. The summed E-state index contributed by atoms with van der Waals surface area (Å²) in [5.74, 6) is -1.20. The summed E-state index contributed by atoms with van der Waals surface area (Å²) in [5, 5.41) is 12.7. The zero-order chi connectivity index (χ0) is 24.6. The van der Waals surface area contributed by atoms with Gasteiger partial charge in [-0.2, -0.15) is 13.2 Å². The number of benzene rings is 1. The van der Waals surface area contributed by atoms with Gasteiger partial charge in [0.2, 0.25) is 0 Å². The van der Waals surface area contributed by atoms with Crippen LogP contribution in [0.15, 0.2) is 30.7 Å². The number of carbonyl (C=O) groups excluding carboxylic acids is 2. The molecular weight excluding hydrogens is 497 g/mol. The highest BCUT2D eigenvalue weighted by Crippen LogP contribution is 2.36. The van der Waals surface area contributed by atoms with Crippen LogP contribution in [0, 0.1) is 0 Å². The first-order valence-corrected chi connectivity index (χ1v) is 10.7. The van der Waals surface area contributed by atoms with Crippen LogP contribution in [-0.2, 0) is 13.2 Å². The van der Waals surface area contributed by atoms with Gasteiger partial charge in [0.15, 0.2) is 16.9 Å². The number of hydrogen-bond acceptors (Lipinski definition) is 8. The Morgan fingerprint density at radius 2 is 1.94 bits per heavy atom. The Hall–Kier alpha value is -3.65. The van der Waals surface area contributed by atoms with Crippen molar-refractivity contribution in [2.24, 2.45) is 7.05 Å². The van der Waals surface area contributed by atoms with Crippen LogP contribution in [0.25, 0.3) is 11.2 Å². The second-order valence-corrected chi connectivity index (χ2v) is 8.48. The number of halogens is 4. The van der Waals surface area contributed by atoms with Crippen LogP contribution in [-0.4, -0.2) is 41.8 Å².